The van der Waals surface area contributed by atoms with Gasteiger partial charge in [0.2, 0.25) is 0 Å². The van der Waals surface area contributed by atoms with Crippen LogP contribution < -0.4 is 4.90 Å². The predicted octanol–water partition coefficient (Wildman–Crippen LogP) is 2.01. The van der Waals surface area contributed by atoms with E-state index in [4.69, 9.17) is 10.1 Å². The van der Waals surface area contributed by atoms with Gasteiger partial charge in [0.15, 0.2) is 5.69 Å². The smallest absolute Gasteiger partial charge is 0.356 e. The number of aryl methyl sites for hydroxylation is 2. The van der Waals surface area contributed by atoms with E-state index >= 15 is 0 Å². The summed E-state index contributed by atoms with van der Waals surface area (Å²) < 4.78 is 2.42. The van der Waals surface area contributed by atoms with Crippen molar-refractivity contribution in [2.24, 2.45) is 0 Å². The summed E-state index contributed by atoms with van der Waals surface area (Å²) in [5.41, 5.74) is 2.68. The highest BCUT2D eigenvalue weighted by Crippen LogP contribution is 2.31. The zero-order valence-corrected chi connectivity index (χ0v) is 13.8. The van der Waals surface area contributed by atoms with Gasteiger partial charge < -0.3 is 14.6 Å². The largest absolute Gasteiger partial charge is 0.476 e. The predicted molar refractivity (Wildman–Crippen MR) is 88.5 cm³/mol. The molecule has 2 aliphatic rings. The first-order chi connectivity index (χ1) is 11.6. The van der Waals surface area contributed by atoms with Crippen LogP contribution in [0, 0.1) is 6.92 Å². The van der Waals surface area contributed by atoms with Crippen LogP contribution in [-0.4, -0.2) is 43.7 Å². The molecule has 1 saturated heterocycles. The van der Waals surface area contributed by atoms with E-state index in [2.05, 4.69) is 26.4 Å². The lowest BCUT2D eigenvalue weighted by Crippen LogP contribution is -2.23. The Bertz CT molecular complexity index is 768. The minimum atomic E-state index is -1.05. The molecule has 7 nitrogen and oxygen atoms in total. The Morgan fingerprint density at radius 2 is 2.08 bits per heavy atom. The van der Waals surface area contributed by atoms with Crippen molar-refractivity contribution in [1.29, 1.82) is 0 Å². The highest BCUT2D eigenvalue weighted by molar-refractivity contribution is 5.84. The Balaban J connectivity index is 1.54. The van der Waals surface area contributed by atoms with Crippen LogP contribution in [0.25, 0.3) is 0 Å². The molecule has 0 saturated carbocycles. The molecule has 0 amide bonds. The first-order valence-electron chi connectivity index (χ1n) is 8.50. The molecule has 1 atom stereocenters. The molecule has 0 aromatic carbocycles. The summed E-state index contributed by atoms with van der Waals surface area (Å²) in [4.78, 5) is 26.1. The van der Waals surface area contributed by atoms with Crippen LogP contribution in [-0.2, 0) is 12.8 Å². The second-order valence-corrected chi connectivity index (χ2v) is 6.58. The molecule has 1 aliphatic carbocycles. The molecule has 1 fully saturated rings. The maximum Gasteiger partial charge on any atom is 0.356 e. The van der Waals surface area contributed by atoms with Crippen molar-refractivity contribution in [3.05, 3.63) is 35.3 Å². The van der Waals surface area contributed by atoms with Gasteiger partial charge >= 0.3 is 5.97 Å². The molecule has 0 bridgehead atoms. The fraction of sp³-hybridized carbons (Fsp3) is 0.529. The second-order valence-electron chi connectivity index (χ2n) is 6.58. The molecule has 7 heteroatoms. The highest BCUT2D eigenvalue weighted by Gasteiger charge is 2.29. The van der Waals surface area contributed by atoms with E-state index in [0.717, 1.165) is 44.0 Å². The van der Waals surface area contributed by atoms with Gasteiger partial charge in [-0.1, -0.05) is 0 Å². The van der Waals surface area contributed by atoms with E-state index in [0.29, 0.717) is 6.04 Å². The minimum absolute atomic E-state index is 0.0194. The van der Waals surface area contributed by atoms with Gasteiger partial charge in [0.1, 0.15) is 11.6 Å². The van der Waals surface area contributed by atoms with Crippen LogP contribution >= 0.6 is 0 Å². The third kappa shape index (κ3) is 2.53. The third-order valence-electron chi connectivity index (χ3n) is 5.06. The molecular weight excluding hydrogens is 306 g/mol. The Morgan fingerprint density at radius 1 is 1.25 bits per heavy atom. The number of rotatable bonds is 3. The minimum Gasteiger partial charge on any atom is -0.476 e. The molecule has 2 aromatic rings. The SMILES string of the molecule is Cc1nc2c(n1C1CCN(c3cnc(C(=O)O)cn3)C1)CCCC2. The summed E-state index contributed by atoms with van der Waals surface area (Å²) in [6.07, 6.45) is 8.65. The summed E-state index contributed by atoms with van der Waals surface area (Å²) in [6.45, 7) is 3.87. The Hall–Kier alpha value is -2.44. The van der Waals surface area contributed by atoms with Gasteiger partial charge in [-0.3, -0.25) is 0 Å². The van der Waals surface area contributed by atoms with Crippen molar-refractivity contribution in [3.63, 3.8) is 0 Å². The van der Waals surface area contributed by atoms with E-state index in [9.17, 15) is 4.79 Å². The molecule has 2 aromatic heterocycles. The van der Waals surface area contributed by atoms with Crippen LogP contribution in [0.2, 0.25) is 0 Å². The Kier molecular flexibility index (Phi) is 3.70. The van der Waals surface area contributed by atoms with Crippen molar-refractivity contribution in [2.45, 2.75) is 45.1 Å². The maximum absolute atomic E-state index is 10.9. The molecule has 1 N–H and O–H groups in total. The van der Waals surface area contributed by atoms with Crippen molar-refractivity contribution < 1.29 is 9.90 Å². The highest BCUT2D eigenvalue weighted by atomic mass is 16.4. The Labute approximate surface area is 140 Å². The number of imidazole rings is 1. The fourth-order valence-corrected chi connectivity index (χ4v) is 3.94. The van der Waals surface area contributed by atoms with Gasteiger partial charge in [0.05, 0.1) is 24.1 Å². The van der Waals surface area contributed by atoms with Crippen LogP contribution in [0.15, 0.2) is 12.4 Å². The number of aromatic carboxylic acids is 1. The van der Waals surface area contributed by atoms with Crippen molar-refractivity contribution in [1.82, 2.24) is 19.5 Å². The van der Waals surface area contributed by atoms with E-state index < -0.39 is 5.97 Å². The van der Waals surface area contributed by atoms with E-state index in [1.807, 2.05) is 0 Å². The van der Waals surface area contributed by atoms with Crippen molar-refractivity contribution >= 4 is 11.8 Å². The Morgan fingerprint density at radius 3 is 2.83 bits per heavy atom. The van der Waals surface area contributed by atoms with Gasteiger partial charge in [-0.15, -0.1) is 0 Å². The second kappa shape index (κ2) is 5.89. The topological polar surface area (TPSA) is 84.1 Å². The van der Waals surface area contributed by atoms with Gasteiger partial charge in [-0.05, 0) is 39.0 Å². The molecule has 3 heterocycles. The number of aromatic nitrogens is 4. The number of nitrogens with zero attached hydrogens (tertiary/aromatic N) is 5. The molecule has 24 heavy (non-hydrogen) atoms. The van der Waals surface area contributed by atoms with Gasteiger partial charge in [0, 0.05) is 18.8 Å². The van der Waals surface area contributed by atoms with E-state index in [1.165, 1.54) is 30.4 Å². The zero-order valence-electron chi connectivity index (χ0n) is 13.8. The molecule has 4 rings (SSSR count). The van der Waals surface area contributed by atoms with Gasteiger partial charge in [0.25, 0.3) is 0 Å². The number of fused-ring (bicyclic) bond motifs is 1. The number of carboxylic acid groups (broad SMARTS) is 1. The third-order valence-corrected chi connectivity index (χ3v) is 5.06. The van der Waals surface area contributed by atoms with Crippen molar-refractivity contribution in [3.8, 4) is 0 Å². The fourth-order valence-electron chi connectivity index (χ4n) is 3.94. The number of hydrogen-bond acceptors (Lipinski definition) is 5. The number of carboxylic acids is 1. The lowest BCUT2D eigenvalue weighted by Gasteiger charge is -2.21. The average Bonchev–Trinajstić information content (AvgIpc) is 3.18. The molecule has 1 aliphatic heterocycles. The number of hydrogen-bond donors (Lipinski definition) is 1. The molecular formula is C17H21N5O2. The summed E-state index contributed by atoms with van der Waals surface area (Å²) in [7, 11) is 0. The molecule has 126 valence electrons. The maximum atomic E-state index is 10.9. The summed E-state index contributed by atoms with van der Waals surface area (Å²) in [6, 6.07) is 0.403. The first-order valence-corrected chi connectivity index (χ1v) is 8.50. The van der Waals surface area contributed by atoms with Crippen LogP contribution in [0.1, 0.15) is 53.0 Å². The monoisotopic (exact) mass is 327 g/mol. The van der Waals surface area contributed by atoms with Crippen LogP contribution in [0.4, 0.5) is 5.82 Å². The molecule has 0 spiro atoms. The van der Waals surface area contributed by atoms with Crippen molar-refractivity contribution in [2.75, 3.05) is 18.0 Å². The normalized spacial score (nSPS) is 20.2. The average molecular weight is 327 g/mol. The van der Waals surface area contributed by atoms with Gasteiger partial charge in [-0.2, -0.15) is 0 Å². The van der Waals surface area contributed by atoms with E-state index in [1.54, 1.807) is 6.20 Å². The zero-order chi connectivity index (χ0) is 16.7. The first kappa shape index (κ1) is 15.1. The quantitative estimate of drug-likeness (QED) is 0.928. The standard InChI is InChI=1S/C17H21N5O2/c1-11-20-13-4-2-3-5-15(13)22(11)12-6-7-21(10-12)16-9-18-14(8-19-16)17(23)24/h8-9,12H,2-7,10H2,1H3,(H,23,24). The van der Waals surface area contributed by atoms with Crippen LogP contribution in [0.5, 0.6) is 0 Å². The summed E-state index contributed by atoms with van der Waals surface area (Å²) >= 11 is 0. The van der Waals surface area contributed by atoms with Gasteiger partial charge in [-0.25, -0.2) is 19.7 Å². The summed E-state index contributed by atoms with van der Waals surface area (Å²) in [5, 5.41) is 8.92. The van der Waals surface area contributed by atoms with E-state index in [-0.39, 0.29) is 5.69 Å². The molecule has 0 radical (unpaired) electrons. The number of carbonyl (C=O) groups is 1. The van der Waals surface area contributed by atoms with Crippen LogP contribution in [0.3, 0.4) is 0 Å². The lowest BCUT2D eigenvalue weighted by atomic mass is 10.0. The molecule has 1 unspecified atom stereocenters. The number of anilines is 1. The lowest BCUT2D eigenvalue weighted by molar-refractivity contribution is 0.0690. The summed E-state index contributed by atoms with van der Waals surface area (Å²) in [5.74, 6) is 0.809.